The van der Waals surface area contributed by atoms with Gasteiger partial charge in [-0.2, -0.15) is 0 Å². The Morgan fingerprint density at radius 2 is 0.886 bits per heavy atom. The minimum atomic E-state index is 1.02. The SMILES string of the molecule is Cc1ccc(-c2ccc(-c3c4ccccc4c(-c4ccc(-c5cccnc5C)cc4)c4ccccc34)c3ccccc23)cn1. The minimum absolute atomic E-state index is 1.02. The molecule has 0 unspecified atom stereocenters. The number of rotatable bonds is 4. The molecule has 0 amide bonds. The normalized spacial score (nSPS) is 11.4. The van der Waals surface area contributed by atoms with Crippen LogP contribution >= 0.6 is 0 Å². The monoisotopic (exact) mass is 562 g/mol. The molecule has 0 N–H and O–H groups in total. The van der Waals surface area contributed by atoms with E-state index in [1.807, 2.05) is 25.4 Å². The second-order valence-electron chi connectivity index (χ2n) is 11.4. The fraction of sp³-hybridized carbons (Fsp3) is 0.0476. The first kappa shape index (κ1) is 26.1. The van der Waals surface area contributed by atoms with Gasteiger partial charge in [0.15, 0.2) is 0 Å². The first-order valence-electron chi connectivity index (χ1n) is 15.1. The van der Waals surface area contributed by atoms with E-state index in [9.17, 15) is 0 Å². The average molecular weight is 563 g/mol. The lowest BCUT2D eigenvalue weighted by molar-refractivity contribution is 1.20. The quantitative estimate of drug-likeness (QED) is 0.199. The highest BCUT2D eigenvalue weighted by molar-refractivity contribution is 6.24. The molecule has 0 aliphatic carbocycles. The van der Waals surface area contributed by atoms with Crippen molar-refractivity contribution in [3.8, 4) is 44.5 Å². The lowest BCUT2D eigenvalue weighted by Gasteiger charge is -2.20. The van der Waals surface area contributed by atoms with Crippen molar-refractivity contribution >= 4 is 32.3 Å². The van der Waals surface area contributed by atoms with Crippen LogP contribution in [-0.4, -0.2) is 9.97 Å². The predicted octanol–water partition coefficient (Wildman–Crippen LogP) is 11.2. The molecular formula is C42H30N2. The summed E-state index contributed by atoms with van der Waals surface area (Å²) in [6, 6.07) is 48.4. The Morgan fingerprint density at radius 1 is 0.364 bits per heavy atom. The van der Waals surface area contributed by atoms with E-state index < -0.39 is 0 Å². The van der Waals surface area contributed by atoms with Gasteiger partial charge in [-0.25, -0.2) is 0 Å². The highest BCUT2D eigenvalue weighted by Crippen LogP contribution is 2.46. The summed E-state index contributed by atoms with van der Waals surface area (Å²) in [5.41, 5.74) is 11.7. The molecule has 8 rings (SSSR count). The molecule has 2 aromatic heterocycles. The van der Waals surface area contributed by atoms with Crippen LogP contribution in [-0.2, 0) is 0 Å². The van der Waals surface area contributed by atoms with Crippen molar-refractivity contribution in [2.24, 2.45) is 0 Å². The van der Waals surface area contributed by atoms with Gasteiger partial charge >= 0.3 is 0 Å². The van der Waals surface area contributed by atoms with E-state index in [-0.39, 0.29) is 0 Å². The zero-order chi connectivity index (χ0) is 29.6. The van der Waals surface area contributed by atoms with Crippen molar-refractivity contribution in [1.82, 2.24) is 9.97 Å². The summed E-state index contributed by atoms with van der Waals surface area (Å²) in [6.45, 7) is 4.10. The van der Waals surface area contributed by atoms with Gasteiger partial charge in [-0.1, -0.05) is 121 Å². The molecule has 0 aliphatic heterocycles. The second-order valence-corrected chi connectivity index (χ2v) is 11.4. The fourth-order valence-corrected chi connectivity index (χ4v) is 6.73. The molecule has 0 radical (unpaired) electrons. The van der Waals surface area contributed by atoms with E-state index in [2.05, 4.69) is 144 Å². The maximum absolute atomic E-state index is 4.59. The summed E-state index contributed by atoms with van der Waals surface area (Å²) in [7, 11) is 0. The molecule has 2 nitrogen and oxygen atoms in total. The molecule has 0 saturated heterocycles. The lowest BCUT2D eigenvalue weighted by Crippen LogP contribution is -1.93. The first-order chi connectivity index (χ1) is 21.7. The van der Waals surface area contributed by atoms with Gasteiger partial charge in [0, 0.05) is 34.9 Å². The third kappa shape index (κ3) is 4.27. The van der Waals surface area contributed by atoms with Crippen molar-refractivity contribution in [2.45, 2.75) is 13.8 Å². The number of hydrogen-bond donors (Lipinski definition) is 0. The van der Waals surface area contributed by atoms with Crippen molar-refractivity contribution in [3.63, 3.8) is 0 Å². The number of hydrogen-bond acceptors (Lipinski definition) is 2. The van der Waals surface area contributed by atoms with Gasteiger partial charge in [0.1, 0.15) is 0 Å². The first-order valence-corrected chi connectivity index (χ1v) is 15.1. The number of aromatic nitrogens is 2. The smallest absolute Gasteiger partial charge is 0.0450 e. The Morgan fingerprint density at radius 3 is 1.48 bits per heavy atom. The largest absolute Gasteiger partial charge is 0.261 e. The summed E-state index contributed by atoms with van der Waals surface area (Å²) in [6.07, 6.45) is 3.83. The molecule has 8 aromatic rings. The minimum Gasteiger partial charge on any atom is -0.261 e. The van der Waals surface area contributed by atoms with E-state index in [0.717, 1.165) is 17.0 Å². The molecule has 6 aromatic carbocycles. The summed E-state index contributed by atoms with van der Waals surface area (Å²) in [5.74, 6) is 0. The van der Waals surface area contributed by atoms with Crippen LogP contribution in [0.2, 0.25) is 0 Å². The molecule has 2 heterocycles. The van der Waals surface area contributed by atoms with Crippen molar-refractivity contribution in [2.75, 3.05) is 0 Å². The topological polar surface area (TPSA) is 25.8 Å². The standard InChI is InChI=1S/C42H30N2/c1-27-17-18-31(26-44-27)33-23-24-40(35-11-4-3-10-34(33)35)42-38-14-7-5-12-36(38)41(37-13-6-8-15-39(37)42)30-21-19-29(20-22-30)32-16-9-25-43-28(32)2/h3-26H,1-2H3. The van der Waals surface area contributed by atoms with Crippen LogP contribution in [0.3, 0.4) is 0 Å². The van der Waals surface area contributed by atoms with E-state index in [1.165, 1.54) is 71.3 Å². The number of fused-ring (bicyclic) bond motifs is 3. The van der Waals surface area contributed by atoms with Crippen LogP contribution in [0, 0.1) is 13.8 Å². The van der Waals surface area contributed by atoms with Crippen LogP contribution in [0.5, 0.6) is 0 Å². The van der Waals surface area contributed by atoms with Gasteiger partial charge in [-0.3, -0.25) is 9.97 Å². The van der Waals surface area contributed by atoms with Gasteiger partial charge in [0.25, 0.3) is 0 Å². The van der Waals surface area contributed by atoms with E-state index in [0.29, 0.717) is 0 Å². The summed E-state index contributed by atoms with van der Waals surface area (Å²) in [5, 5.41) is 7.48. The van der Waals surface area contributed by atoms with Crippen LogP contribution in [0.1, 0.15) is 11.4 Å². The van der Waals surface area contributed by atoms with Gasteiger partial charge in [-0.05, 0) is 91.7 Å². The van der Waals surface area contributed by atoms with Gasteiger partial charge < -0.3 is 0 Å². The molecule has 208 valence electrons. The molecule has 0 spiro atoms. The fourth-order valence-electron chi connectivity index (χ4n) is 6.73. The summed E-state index contributed by atoms with van der Waals surface area (Å²) in [4.78, 5) is 9.09. The molecule has 0 fully saturated rings. The molecule has 44 heavy (non-hydrogen) atoms. The molecular weight excluding hydrogens is 532 g/mol. The van der Waals surface area contributed by atoms with Crippen molar-refractivity contribution in [1.29, 1.82) is 0 Å². The molecule has 0 atom stereocenters. The van der Waals surface area contributed by atoms with E-state index >= 15 is 0 Å². The number of pyridine rings is 2. The molecule has 0 bridgehead atoms. The van der Waals surface area contributed by atoms with Gasteiger partial charge in [0.2, 0.25) is 0 Å². The van der Waals surface area contributed by atoms with Crippen LogP contribution in [0.4, 0.5) is 0 Å². The zero-order valence-electron chi connectivity index (χ0n) is 24.8. The van der Waals surface area contributed by atoms with Gasteiger partial charge in [0.05, 0.1) is 0 Å². The van der Waals surface area contributed by atoms with E-state index in [1.54, 1.807) is 0 Å². The van der Waals surface area contributed by atoms with Crippen LogP contribution < -0.4 is 0 Å². The predicted molar refractivity (Wildman–Crippen MR) is 186 cm³/mol. The Labute approximate surface area is 257 Å². The van der Waals surface area contributed by atoms with Crippen LogP contribution in [0.15, 0.2) is 146 Å². The Bertz CT molecular complexity index is 2270. The molecule has 0 saturated carbocycles. The highest BCUT2D eigenvalue weighted by Gasteiger charge is 2.19. The lowest BCUT2D eigenvalue weighted by atomic mass is 9.83. The number of benzene rings is 6. The Balaban J connectivity index is 1.38. The summed E-state index contributed by atoms with van der Waals surface area (Å²) < 4.78 is 0. The second kappa shape index (κ2) is 10.6. The molecule has 2 heteroatoms. The Kier molecular flexibility index (Phi) is 6.27. The Hall–Kier alpha value is -5.60. The van der Waals surface area contributed by atoms with E-state index in [4.69, 9.17) is 0 Å². The average Bonchev–Trinajstić information content (AvgIpc) is 3.08. The van der Waals surface area contributed by atoms with Crippen molar-refractivity contribution in [3.05, 3.63) is 157 Å². The number of nitrogens with zero attached hydrogens (tertiary/aromatic N) is 2. The summed E-state index contributed by atoms with van der Waals surface area (Å²) >= 11 is 0. The van der Waals surface area contributed by atoms with Gasteiger partial charge in [-0.15, -0.1) is 0 Å². The maximum Gasteiger partial charge on any atom is 0.0450 e. The van der Waals surface area contributed by atoms with Crippen molar-refractivity contribution < 1.29 is 0 Å². The molecule has 0 aliphatic rings. The van der Waals surface area contributed by atoms with Crippen LogP contribution in [0.25, 0.3) is 76.8 Å². The maximum atomic E-state index is 4.59. The third-order valence-electron chi connectivity index (χ3n) is 8.84. The highest BCUT2D eigenvalue weighted by atomic mass is 14.7. The third-order valence-corrected chi connectivity index (χ3v) is 8.84. The number of aryl methyl sites for hydroxylation is 2. The zero-order valence-corrected chi connectivity index (χ0v) is 24.8.